The van der Waals surface area contributed by atoms with E-state index in [-0.39, 0.29) is 10.7 Å². The number of imide groups is 1. The highest BCUT2D eigenvalue weighted by Crippen LogP contribution is 2.30. The van der Waals surface area contributed by atoms with Gasteiger partial charge in [0.25, 0.3) is 11.8 Å². The van der Waals surface area contributed by atoms with Crippen LogP contribution in [0.1, 0.15) is 21.5 Å². The van der Waals surface area contributed by atoms with Gasteiger partial charge in [0.15, 0.2) is 0 Å². The molecule has 3 aromatic rings. The van der Waals surface area contributed by atoms with E-state index < -0.39 is 17.8 Å². The maximum atomic E-state index is 12.9. The molecule has 3 aromatic carbocycles. The molecule has 0 atom stereocenters. The van der Waals surface area contributed by atoms with Gasteiger partial charge < -0.3 is 10.1 Å². The quantitative estimate of drug-likeness (QED) is 0.340. The average Bonchev–Trinajstić information content (AvgIpc) is 2.99. The number of nitrogens with zero attached hydrogens (tertiary/aromatic N) is 1. The van der Waals surface area contributed by atoms with Gasteiger partial charge in [-0.3, -0.25) is 9.59 Å². The van der Waals surface area contributed by atoms with Crippen molar-refractivity contribution >= 4 is 40.8 Å². The van der Waals surface area contributed by atoms with Gasteiger partial charge in [-0.15, -0.1) is 0 Å². The van der Waals surface area contributed by atoms with Crippen molar-refractivity contribution in [2.45, 2.75) is 13.8 Å². The van der Waals surface area contributed by atoms with E-state index in [1.165, 1.54) is 0 Å². The van der Waals surface area contributed by atoms with Crippen LogP contribution in [0.4, 0.5) is 11.4 Å². The molecule has 0 spiro atoms. The molecule has 0 saturated heterocycles. The second-order valence-electron chi connectivity index (χ2n) is 7.38. The minimum atomic E-state index is -0.594. The van der Waals surface area contributed by atoms with E-state index in [0.717, 1.165) is 16.0 Å². The molecule has 1 aliphatic heterocycles. The van der Waals surface area contributed by atoms with Crippen molar-refractivity contribution in [3.8, 4) is 5.75 Å². The minimum absolute atomic E-state index is 0.0202. The number of esters is 1. The van der Waals surface area contributed by atoms with Gasteiger partial charge in [0.1, 0.15) is 16.5 Å². The molecular formula is C25H19ClN2O4. The molecule has 7 heteroatoms. The van der Waals surface area contributed by atoms with Crippen LogP contribution in [0.3, 0.4) is 0 Å². The number of anilines is 2. The van der Waals surface area contributed by atoms with E-state index in [2.05, 4.69) is 5.32 Å². The molecule has 0 bridgehead atoms. The lowest BCUT2D eigenvalue weighted by Crippen LogP contribution is -2.32. The lowest BCUT2D eigenvalue weighted by molar-refractivity contribution is -0.120. The summed E-state index contributed by atoms with van der Waals surface area (Å²) in [5.74, 6) is -1.20. The number of benzene rings is 3. The number of carbonyl (C=O) groups excluding carboxylic acids is 3. The van der Waals surface area contributed by atoms with Gasteiger partial charge in [0.05, 0.1) is 11.3 Å². The highest BCUT2D eigenvalue weighted by molar-refractivity contribution is 6.53. The Morgan fingerprint density at radius 1 is 0.875 bits per heavy atom. The van der Waals surface area contributed by atoms with E-state index in [0.29, 0.717) is 22.7 Å². The Hall–Kier alpha value is -3.90. The number of hydrogen-bond acceptors (Lipinski definition) is 5. The highest BCUT2D eigenvalue weighted by Gasteiger charge is 2.38. The molecular weight excluding hydrogens is 428 g/mol. The van der Waals surface area contributed by atoms with Gasteiger partial charge in [0.2, 0.25) is 0 Å². The summed E-state index contributed by atoms with van der Waals surface area (Å²) < 4.78 is 5.35. The Bertz CT molecular complexity index is 1250. The summed E-state index contributed by atoms with van der Waals surface area (Å²) in [6.07, 6.45) is 0. The summed E-state index contributed by atoms with van der Waals surface area (Å²) in [5, 5.41) is 2.70. The van der Waals surface area contributed by atoms with Crippen molar-refractivity contribution < 1.29 is 19.1 Å². The summed E-state index contributed by atoms with van der Waals surface area (Å²) >= 11 is 6.17. The molecule has 6 nitrogen and oxygen atoms in total. The Kier molecular flexibility index (Phi) is 5.79. The van der Waals surface area contributed by atoms with Crippen molar-refractivity contribution in [1.29, 1.82) is 0 Å². The zero-order chi connectivity index (χ0) is 22.8. The van der Waals surface area contributed by atoms with Crippen LogP contribution >= 0.6 is 11.6 Å². The first-order valence-corrected chi connectivity index (χ1v) is 10.2. The third-order valence-electron chi connectivity index (χ3n) is 4.91. The first-order chi connectivity index (χ1) is 15.3. The van der Waals surface area contributed by atoms with Crippen molar-refractivity contribution in [1.82, 2.24) is 0 Å². The number of nitrogens with one attached hydrogen (secondary N) is 1. The highest BCUT2D eigenvalue weighted by atomic mass is 35.5. The van der Waals surface area contributed by atoms with E-state index in [9.17, 15) is 14.4 Å². The SMILES string of the molecule is Cc1ccc(OC(=O)c2ccc(NC3=C(Cl)C(=O)N(c4cccc(C)c4)C3=O)cc2)cc1. The van der Waals surface area contributed by atoms with Gasteiger partial charge in [-0.25, -0.2) is 9.69 Å². The van der Waals surface area contributed by atoms with Crippen molar-refractivity contribution in [3.63, 3.8) is 0 Å². The van der Waals surface area contributed by atoms with Gasteiger partial charge in [-0.05, 0) is 67.9 Å². The fraction of sp³-hybridized carbons (Fsp3) is 0.0800. The molecule has 0 saturated carbocycles. The average molecular weight is 447 g/mol. The van der Waals surface area contributed by atoms with Crippen LogP contribution in [-0.2, 0) is 9.59 Å². The molecule has 0 fully saturated rings. The number of amides is 2. The maximum Gasteiger partial charge on any atom is 0.343 e. The number of aryl methyl sites for hydroxylation is 2. The monoisotopic (exact) mass is 446 g/mol. The largest absolute Gasteiger partial charge is 0.423 e. The topological polar surface area (TPSA) is 75.7 Å². The summed E-state index contributed by atoms with van der Waals surface area (Å²) in [6, 6.07) is 20.5. The van der Waals surface area contributed by atoms with Crippen LogP contribution in [0, 0.1) is 13.8 Å². The Labute approximate surface area is 190 Å². The standard InChI is InChI=1S/C25H19ClN2O4/c1-15-6-12-20(13-7-15)32-25(31)17-8-10-18(11-9-17)27-22-21(26)23(29)28(24(22)30)19-5-3-4-16(2)14-19/h3-14,27H,1-2H3. The second-order valence-corrected chi connectivity index (χ2v) is 7.76. The van der Waals surface area contributed by atoms with E-state index in [4.69, 9.17) is 16.3 Å². The number of rotatable bonds is 5. The van der Waals surface area contributed by atoms with Crippen LogP contribution < -0.4 is 15.0 Å². The fourth-order valence-corrected chi connectivity index (χ4v) is 3.43. The molecule has 160 valence electrons. The van der Waals surface area contributed by atoms with E-state index in [1.54, 1.807) is 54.6 Å². The third kappa shape index (κ3) is 4.26. The van der Waals surface area contributed by atoms with Crippen LogP contribution in [0.15, 0.2) is 83.5 Å². The first-order valence-electron chi connectivity index (χ1n) is 9.84. The second kappa shape index (κ2) is 8.69. The molecule has 4 rings (SSSR count). The maximum absolute atomic E-state index is 12.9. The fourth-order valence-electron chi connectivity index (χ4n) is 3.22. The molecule has 0 aliphatic carbocycles. The van der Waals surface area contributed by atoms with Crippen LogP contribution in [0.5, 0.6) is 5.75 Å². The van der Waals surface area contributed by atoms with Crippen molar-refractivity contribution in [2.75, 3.05) is 10.2 Å². The first kappa shape index (κ1) is 21.3. The van der Waals surface area contributed by atoms with Gasteiger partial charge in [0, 0.05) is 5.69 Å². The summed E-state index contributed by atoms with van der Waals surface area (Å²) in [7, 11) is 0. The zero-order valence-corrected chi connectivity index (χ0v) is 18.1. The predicted molar refractivity (Wildman–Crippen MR) is 123 cm³/mol. The summed E-state index contributed by atoms with van der Waals surface area (Å²) in [5.41, 5.74) is 3.24. The number of halogens is 1. The lowest BCUT2D eigenvalue weighted by Gasteiger charge is -2.15. The van der Waals surface area contributed by atoms with Crippen molar-refractivity contribution in [3.05, 3.63) is 100 Å². The molecule has 32 heavy (non-hydrogen) atoms. The van der Waals surface area contributed by atoms with Crippen molar-refractivity contribution in [2.24, 2.45) is 0 Å². The summed E-state index contributed by atoms with van der Waals surface area (Å²) in [4.78, 5) is 38.8. The van der Waals surface area contributed by atoms with E-state index in [1.807, 2.05) is 32.0 Å². The Morgan fingerprint density at radius 3 is 2.22 bits per heavy atom. The number of carbonyl (C=O) groups is 3. The van der Waals surface area contributed by atoms with Gasteiger partial charge in [-0.2, -0.15) is 0 Å². The molecule has 1 N–H and O–H groups in total. The Morgan fingerprint density at radius 2 is 1.56 bits per heavy atom. The molecule has 2 amide bonds. The minimum Gasteiger partial charge on any atom is -0.423 e. The van der Waals surface area contributed by atoms with E-state index >= 15 is 0 Å². The number of ether oxygens (including phenoxy) is 1. The molecule has 1 aliphatic rings. The van der Waals surface area contributed by atoms with Crippen LogP contribution in [0.25, 0.3) is 0 Å². The lowest BCUT2D eigenvalue weighted by atomic mass is 10.2. The van der Waals surface area contributed by atoms with Gasteiger partial charge >= 0.3 is 5.97 Å². The van der Waals surface area contributed by atoms with Crippen LogP contribution in [0.2, 0.25) is 0 Å². The third-order valence-corrected chi connectivity index (χ3v) is 5.26. The normalized spacial score (nSPS) is 13.5. The van der Waals surface area contributed by atoms with Crippen LogP contribution in [-0.4, -0.2) is 17.8 Å². The molecule has 0 radical (unpaired) electrons. The Balaban J connectivity index is 1.48. The predicted octanol–water partition coefficient (Wildman–Crippen LogP) is 4.96. The smallest absolute Gasteiger partial charge is 0.343 e. The van der Waals surface area contributed by atoms with Gasteiger partial charge in [-0.1, -0.05) is 41.4 Å². The molecule has 0 unspecified atom stereocenters. The molecule has 1 heterocycles. The number of hydrogen-bond donors (Lipinski definition) is 1. The summed E-state index contributed by atoms with van der Waals surface area (Å²) in [6.45, 7) is 3.82. The zero-order valence-electron chi connectivity index (χ0n) is 17.4. The molecule has 0 aromatic heterocycles.